The summed E-state index contributed by atoms with van der Waals surface area (Å²) in [5, 5.41) is 4.42. The van der Waals surface area contributed by atoms with Crippen LogP contribution in [0.1, 0.15) is 26.2 Å². The molecular weight excluding hydrogens is 188 g/mol. The SMILES string of the molecule is CCC1CCCN(c2nn(C)cc2N)C1. The number of anilines is 2. The predicted octanol–water partition coefficient (Wildman–Crippen LogP) is 1.63. The summed E-state index contributed by atoms with van der Waals surface area (Å²) < 4.78 is 1.79. The molecular formula is C11H20N4. The molecule has 15 heavy (non-hydrogen) atoms. The lowest BCUT2D eigenvalue weighted by Crippen LogP contribution is -2.35. The van der Waals surface area contributed by atoms with Crippen molar-refractivity contribution in [3.05, 3.63) is 6.20 Å². The zero-order chi connectivity index (χ0) is 10.8. The number of hydrogen-bond acceptors (Lipinski definition) is 3. The summed E-state index contributed by atoms with van der Waals surface area (Å²) in [4.78, 5) is 2.33. The Morgan fingerprint density at radius 2 is 2.40 bits per heavy atom. The van der Waals surface area contributed by atoms with Crippen molar-refractivity contribution in [1.29, 1.82) is 0 Å². The maximum Gasteiger partial charge on any atom is 0.173 e. The molecule has 1 aromatic rings. The van der Waals surface area contributed by atoms with E-state index >= 15 is 0 Å². The monoisotopic (exact) mass is 208 g/mol. The van der Waals surface area contributed by atoms with E-state index in [1.54, 1.807) is 4.68 Å². The first-order valence-corrected chi connectivity index (χ1v) is 5.74. The van der Waals surface area contributed by atoms with Crippen LogP contribution >= 0.6 is 0 Å². The summed E-state index contributed by atoms with van der Waals surface area (Å²) in [5.74, 6) is 1.77. The van der Waals surface area contributed by atoms with Crippen molar-refractivity contribution < 1.29 is 0 Å². The van der Waals surface area contributed by atoms with Gasteiger partial charge in [-0.2, -0.15) is 5.10 Å². The number of nitrogens with two attached hydrogens (primary N) is 1. The smallest absolute Gasteiger partial charge is 0.173 e. The number of aryl methyl sites for hydroxylation is 1. The molecule has 2 rings (SSSR count). The highest BCUT2D eigenvalue weighted by molar-refractivity contribution is 5.61. The molecule has 0 bridgehead atoms. The Morgan fingerprint density at radius 1 is 1.60 bits per heavy atom. The molecule has 0 radical (unpaired) electrons. The molecule has 4 heteroatoms. The van der Waals surface area contributed by atoms with Gasteiger partial charge in [0.25, 0.3) is 0 Å². The van der Waals surface area contributed by atoms with Crippen molar-refractivity contribution in [3.8, 4) is 0 Å². The summed E-state index contributed by atoms with van der Waals surface area (Å²) in [5.41, 5.74) is 6.73. The number of nitrogen functional groups attached to an aromatic ring is 1. The van der Waals surface area contributed by atoms with E-state index in [9.17, 15) is 0 Å². The Balaban J connectivity index is 2.13. The summed E-state index contributed by atoms with van der Waals surface area (Å²) in [6.07, 6.45) is 5.74. The standard InChI is InChI=1S/C11H20N4/c1-3-9-5-4-6-15(7-9)11-10(12)8-14(2)13-11/h8-9H,3-7,12H2,1-2H3. The minimum absolute atomic E-state index is 0.800. The highest BCUT2D eigenvalue weighted by Crippen LogP contribution is 2.27. The van der Waals surface area contributed by atoms with Crippen molar-refractivity contribution in [1.82, 2.24) is 9.78 Å². The van der Waals surface area contributed by atoms with Crippen LogP contribution in [0.15, 0.2) is 6.20 Å². The molecule has 1 aliphatic rings. The van der Waals surface area contributed by atoms with Crippen LogP contribution in [0.3, 0.4) is 0 Å². The number of aromatic nitrogens is 2. The van der Waals surface area contributed by atoms with E-state index in [4.69, 9.17) is 5.73 Å². The van der Waals surface area contributed by atoms with Gasteiger partial charge in [-0.3, -0.25) is 4.68 Å². The van der Waals surface area contributed by atoms with Gasteiger partial charge in [0.2, 0.25) is 0 Å². The third-order valence-electron chi connectivity index (χ3n) is 3.23. The third kappa shape index (κ3) is 2.08. The second-order valence-corrected chi connectivity index (χ2v) is 4.44. The first-order chi connectivity index (χ1) is 7.20. The fraction of sp³-hybridized carbons (Fsp3) is 0.727. The van der Waals surface area contributed by atoms with Crippen molar-refractivity contribution in [3.63, 3.8) is 0 Å². The van der Waals surface area contributed by atoms with Crippen LogP contribution in [-0.4, -0.2) is 22.9 Å². The Hall–Kier alpha value is -1.19. The molecule has 2 heterocycles. The Bertz CT molecular complexity index is 331. The molecule has 1 aromatic heterocycles. The van der Waals surface area contributed by atoms with Gasteiger partial charge >= 0.3 is 0 Å². The van der Waals surface area contributed by atoms with Crippen LogP contribution in [0.4, 0.5) is 11.5 Å². The average Bonchev–Trinajstić information content (AvgIpc) is 2.58. The second kappa shape index (κ2) is 4.13. The first kappa shape index (κ1) is 10.3. The fourth-order valence-electron chi connectivity index (χ4n) is 2.33. The van der Waals surface area contributed by atoms with E-state index in [1.165, 1.54) is 19.3 Å². The number of hydrogen-bond donors (Lipinski definition) is 1. The van der Waals surface area contributed by atoms with Crippen molar-refractivity contribution >= 4 is 11.5 Å². The van der Waals surface area contributed by atoms with Gasteiger partial charge in [0.1, 0.15) is 0 Å². The fourth-order valence-corrected chi connectivity index (χ4v) is 2.33. The molecule has 1 saturated heterocycles. The molecule has 84 valence electrons. The number of piperidine rings is 1. The quantitative estimate of drug-likeness (QED) is 0.803. The van der Waals surface area contributed by atoms with Crippen molar-refractivity contribution in [2.45, 2.75) is 26.2 Å². The Morgan fingerprint density at radius 3 is 3.00 bits per heavy atom. The van der Waals surface area contributed by atoms with Gasteiger partial charge < -0.3 is 10.6 Å². The summed E-state index contributed by atoms with van der Waals surface area (Å²) >= 11 is 0. The molecule has 0 saturated carbocycles. The second-order valence-electron chi connectivity index (χ2n) is 4.44. The largest absolute Gasteiger partial charge is 0.394 e. The molecule has 1 fully saturated rings. The minimum Gasteiger partial charge on any atom is -0.394 e. The van der Waals surface area contributed by atoms with Crippen LogP contribution < -0.4 is 10.6 Å². The van der Waals surface area contributed by atoms with E-state index in [0.717, 1.165) is 30.5 Å². The predicted molar refractivity (Wildman–Crippen MR) is 62.8 cm³/mol. The summed E-state index contributed by atoms with van der Waals surface area (Å²) in [6.45, 7) is 4.46. The van der Waals surface area contributed by atoms with E-state index in [0.29, 0.717) is 0 Å². The van der Waals surface area contributed by atoms with Crippen molar-refractivity contribution in [2.24, 2.45) is 13.0 Å². The van der Waals surface area contributed by atoms with Crippen LogP contribution in [0.5, 0.6) is 0 Å². The molecule has 1 aliphatic heterocycles. The van der Waals surface area contributed by atoms with Gasteiger partial charge in [0, 0.05) is 26.3 Å². The van der Waals surface area contributed by atoms with Gasteiger partial charge in [-0.25, -0.2) is 0 Å². The van der Waals surface area contributed by atoms with Crippen molar-refractivity contribution in [2.75, 3.05) is 23.7 Å². The molecule has 4 nitrogen and oxygen atoms in total. The van der Waals surface area contributed by atoms with Gasteiger partial charge in [-0.15, -0.1) is 0 Å². The van der Waals surface area contributed by atoms with Gasteiger partial charge in [-0.1, -0.05) is 13.3 Å². The van der Waals surface area contributed by atoms with Gasteiger partial charge in [-0.05, 0) is 18.8 Å². The Labute approximate surface area is 91.1 Å². The number of nitrogens with zero attached hydrogens (tertiary/aromatic N) is 3. The van der Waals surface area contributed by atoms with E-state index in [1.807, 2.05) is 13.2 Å². The molecule has 0 spiro atoms. The van der Waals surface area contributed by atoms with Crippen LogP contribution in [0, 0.1) is 5.92 Å². The van der Waals surface area contributed by atoms with Crippen LogP contribution in [0.25, 0.3) is 0 Å². The zero-order valence-corrected chi connectivity index (χ0v) is 9.61. The van der Waals surface area contributed by atoms with E-state index in [-0.39, 0.29) is 0 Å². The number of rotatable bonds is 2. The van der Waals surface area contributed by atoms with Crippen LogP contribution in [0.2, 0.25) is 0 Å². The highest BCUT2D eigenvalue weighted by Gasteiger charge is 2.21. The third-order valence-corrected chi connectivity index (χ3v) is 3.23. The average molecular weight is 208 g/mol. The Kier molecular flexibility index (Phi) is 2.84. The van der Waals surface area contributed by atoms with Gasteiger partial charge in [0.05, 0.1) is 5.69 Å². The van der Waals surface area contributed by atoms with E-state index < -0.39 is 0 Å². The summed E-state index contributed by atoms with van der Waals surface area (Å²) in [6, 6.07) is 0. The molecule has 0 aromatic carbocycles. The highest BCUT2D eigenvalue weighted by atomic mass is 15.3. The minimum atomic E-state index is 0.800. The molecule has 0 amide bonds. The normalized spacial score (nSPS) is 22.0. The lowest BCUT2D eigenvalue weighted by molar-refractivity contribution is 0.402. The molecule has 0 aliphatic carbocycles. The molecule has 1 atom stereocenters. The van der Waals surface area contributed by atoms with Gasteiger partial charge in [0.15, 0.2) is 5.82 Å². The molecule has 2 N–H and O–H groups in total. The lowest BCUT2D eigenvalue weighted by Gasteiger charge is -2.32. The maximum atomic E-state index is 5.93. The maximum absolute atomic E-state index is 5.93. The summed E-state index contributed by atoms with van der Waals surface area (Å²) in [7, 11) is 1.92. The first-order valence-electron chi connectivity index (χ1n) is 5.74. The van der Waals surface area contributed by atoms with E-state index in [2.05, 4.69) is 16.9 Å². The zero-order valence-electron chi connectivity index (χ0n) is 9.61. The molecule has 1 unspecified atom stereocenters. The van der Waals surface area contributed by atoms with Crippen LogP contribution in [-0.2, 0) is 7.05 Å². The lowest BCUT2D eigenvalue weighted by atomic mass is 9.96. The topological polar surface area (TPSA) is 47.1 Å².